The lowest BCUT2D eigenvalue weighted by molar-refractivity contribution is -0.148. The second-order valence-corrected chi connectivity index (χ2v) is 5.55. The van der Waals surface area contributed by atoms with E-state index in [1.807, 2.05) is 0 Å². The van der Waals surface area contributed by atoms with Gasteiger partial charge in [-0.25, -0.2) is 4.85 Å². The van der Waals surface area contributed by atoms with Gasteiger partial charge >= 0.3 is 12.4 Å². The summed E-state index contributed by atoms with van der Waals surface area (Å²) in [5, 5.41) is 8.46. The normalized spacial score (nSPS) is 23.4. The van der Waals surface area contributed by atoms with E-state index in [1.54, 1.807) is 0 Å². The molecule has 1 aromatic carbocycles. The van der Waals surface area contributed by atoms with Crippen LogP contribution in [0.3, 0.4) is 0 Å². The highest BCUT2D eigenvalue weighted by atomic mass is 19.4. The molecule has 2 atom stereocenters. The van der Waals surface area contributed by atoms with Gasteiger partial charge in [0.25, 0.3) is 5.91 Å². The maximum atomic E-state index is 12.9. The van der Waals surface area contributed by atoms with Gasteiger partial charge in [0.1, 0.15) is 0 Å². The van der Waals surface area contributed by atoms with Crippen molar-refractivity contribution in [2.45, 2.75) is 37.3 Å². The molecule has 2 unspecified atom stereocenters. The molecule has 25 heavy (non-hydrogen) atoms. The van der Waals surface area contributed by atoms with Crippen molar-refractivity contribution < 1.29 is 31.1 Å². The van der Waals surface area contributed by atoms with Crippen molar-refractivity contribution in [3.8, 4) is 0 Å². The molecule has 1 aliphatic heterocycles. The van der Waals surface area contributed by atoms with Crippen molar-refractivity contribution in [1.29, 1.82) is 0 Å². The summed E-state index contributed by atoms with van der Waals surface area (Å²) in [5.41, 5.74) is -4.07. The van der Waals surface area contributed by atoms with E-state index in [1.165, 1.54) is 0 Å². The zero-order chi connectivity index (χ0) is 19.0. The summed E-state index contributed by atoms with van der Waals surface area (Å²) in [4.78, 5) is 14.9. The molecule has 2 rings (SSSR count). The van der Waals surface area contributed by atoms with Gasteiger partial charge in [0.15, 0.2) is 17.3 Å². The number of halogens is 6. The fraction of sp³-hybridized carbons (Fsp3) is 0.429. The van der Waals surface area contributed by atoms with Crippen LogP contribution in [-0.4, -0.2) is 23.7 Å². The zero-order valence-electron chi connectivity index (χ0n) is 12.5. The third-order valence-corrected chi connectivity index (χ3v) is 3.56. The standard InChI is InChI=1S/C14H10F6N4O/c1-12(6-10(23-24-12)14(18,19)20)11(25)22-7-3-4-9(21-2)8(5-7)13(15,16)17/h3-5,10H,6H2,1H3,(H,22,25). The summed E-state index contributed by atoms with van der Waals surface area (Å²) in [6, 6.07) is 0.320. The minimum Gasteiger partial charge on any atom is -0.324 e. The fourth-order valence-electron chi connectivity index (χ4n) is 2.18. The summed E-state index contributed by atoms with van der Waals surface area (Å²) in [7, 11) is 0. The van der Waals surface area contributed by atoms with E-state index in [0.29, 0.717) is 6.07 Å². The number of rotatable bonds is 2. The number of benzene rings is 1. The summed E-state index contributed by atoms with van der Waals surface area (Å²) in [5.74, 6) is -1.02. The van der Waals surface area contributed by atoms with Crippen LogP contribution in [0, 0.1) is 6.57 Å². The van der Waals surface area contributed by atoms with Crippen molar-refractivity contribution in [2.75, 3.05) is 5.32 Å². The van der Waals surface area contributed by atoms with Crippen LogP contribution >= 0.6 is 0 Å². The van der Waals surface area contributed by atoms with Gasteiger partial charge in [-0.05, 0) is 19.1 Å². The molecule has 0 spiro atoms. The van der Waals surface area contributed by atoms with Crippen molar-refractivity contribution in [3.63, 3.8) is 0 Å². The highest BCUT2D eigenvalue weighted by Gasteiger charge is 2.51. The maximum Gasteiger partial charge on any atom is 0.412 e. The van der Waals surface area contributed by atoms with Crippen LogP contribution < -0.4 is 5.32 Å². The Kier molecular flexibility index (Phi) is 4.50. The van der Waals surface area contributed by atoms with E-state index in [4.69, 9.17) is 6.57 Å². The van der Waals surface area contributed by atoms with Crippen molar-refractivity contribution >= 4 is 17.3 Å². The molecule has 0 radical (unpaired) electrons. The molecule has 134 valence electrons. The Balaban J connectivity index is 2.22. The fourth-order valence-corrected chi connectivity index (χ4v) is 2.18. The van der Waals surface area contributed by atoms with E-state index in [-0.39, 0.29) is 5.69 Å². The van der Waals surface area contributed by atoms with Crippen LogP contribution in [0.2, 0.25) is 0 Å². The number of azo groups is 1. The first-order chi connectivity index (χ1) is 11.4. The van der Waals surface area contributed by atoms with Gasteiger partial charge in [-0.15, -0.1) is 0 Å². The van der Waals surface area contributed by atoms with Gasteiger partial charge < -0.3 is 5.32 Å². The Morgan fingerprint density at radius 1 is 1.32 bits per heavy atom. The lowest BCUT2D eigenvalue weighted by atomic mass is 9.94. The summed E-state index contributed by atoms with van der Waals surface area (Å²) >= 11 is 0. The third kappa shape index (κ3) is 3.89. The monoisotopic (exact) mass is 364 g/mol. The van der Waals surface area contributed by atoms with E-state index >= 15 is 0 Å². The van der Waals surface area contributed by atoms with E-state index in [9.17, 15) is 31.1 Å². The molecule has 1 aromatic rings. The van der Waals surface area contributed by atoms with E-state index in [2.05, 4.69) is 20.4 Å². The molecule has 1 N–H and O–H groups in total. The largest absolute Gasteiger partial charge is 0.412 e. The first-order valence-corrected chi connectivity index (χ1v) is 6.76. The number of carbonyl (C=O) groups is 1. The Hall–Kier alpha value is -2.64. The van der Waals surface area contributed by atoms with Gasteiger partial charge in [0, 0.05) is 12.1 Å². The van der Waals surface area contributed by atoms with Gasteiger partial charge in [-0.2, -0.15) is 36.6 Å². The molecule has 0 saturated carbocycles. The molecule has 0 bridgehead atoms. The number of amides is 1. The van der Waals surface area contributed by atoms with Gasteiger partial charge in [0.05, 0.1) is 12.1 Å². The molecule has 11 heteroatoms. The highest BCUT2D eigenvalue weighted by Crippen LogP contribution is 2.39. The lowest BCUT2D eigenvalue weighted by Gasteiger charge is -2.20. The van der Waals surface area contributed by atoms with Crippen molar-refractivity contribution in [1.82, 2.24) is 0 Å². The number of nitrogens with zero attached hydrogens (tertiary/aromatic N) is 3. The second kappa shape index (κ2) is 6.02. The van der Waals surface area contributed by atoms with Gasteiger partial charge in [0.2, 0.25) is 0 Å². The molecule has 1 aliphatic rings. The first-order valence-electron chi connectivity index (χ1n) is 6.76. The number of carbonyl (C=O) groups excluding carboxylic acids is 1. The molecule has 1 heterocycles. The Morgan fingerprint density at radius 2 is 1.96 bits per heavy atom. The predicted octanol–water partition coefficient (Wildman–Crippen LogP) is 4.74. The Bertz CT molecular complexity index is 764. The average molecular weight is 364 g/mol. The number of hydrogen-bond donors (Lipinski definition) is 1. The number of alkyl halides is 6. The minimum absolute atomic E-state index is 0.309. The van der Waals surface area contributed by atoms with Gasteiger partial charge in [-0.1, -0.05) is 6.07 Å². The molecule has 0 aromatic heterocycles. The molecular weight excluding hydrogens is 354 g/mol. The smallest absolute Gasteiger partial charge is 0.324 e. The van der Waals surface area contributed by atoms with Crippen LogP contribution in [0.4, 0.5) is 37.7 Å². The molecular formula is C14H10F6N4O. The van der Waals surface area contributed by atoms with E-state index in [0.717, 1.165) is 19.1 Å². The topological polar surface area (TPSA) is 58.2 Å². The van der Waals surface area contributed by atoms with Crippen LogP contribution in [0.15, 0.2) is 28.4 Å². The second-order valence-electron chi connectivity index (χ2n) is 5.55. The van der Waals surface area contributed by atoms with Crippen LogP contribution in [-0.2, 0) is 11.0 Å². The number of nitrogens with one attached hydrogen (secondary N) is 1. The molecule has 0 fully saturated rings. The average Bonchev–Trinajstić information content (AvgIpc) is 2.90. The highest BCUT2D eigenvalue weighted by molar-refractivity contribution is 5.98. The minimum atomic E-state index is -4.82. The van der Waals surface area contributed by atoms with Crippen LogP contribution in [0.25, 0.3) is 4.85 Å². The summed E-state index contributed by atoms with van der Waals surface area (Å²) in [6.45, 7) is 7.84. The summed E-state index contributed by atoms with van der Waals surface area (Å²) < 4.78 is 76.6. The molecule has 1 amide bonds. The maximum absolute atomic E-state index is 12.9. The van der Waals surface area contributed by atoms with Crippen LogP contribution in [0.5, 0.6) is 0 Å². The predicted molar refractivity (Wildman–Crippen MR) is 74.1 cm³/mol. The van der Waals surface area contributed by atoms with Crippen LogP contribution in [0.1, 0.15) is 18.9 Å². The van der Waals surface area contributed by atoms with E-state index < -0.39 is 47.5 Å². The third-order valence-electron chi connectivity index (χ3n) is 3.56. The number of anilines is 1. The first kappa shape index (κ1) is 18.7. The number of hydrogen-bond acceptors (Lipinski definition) is 3. The summed E-state index contributed by atoms with van der Waals surface area (Å²) in [6.07, 6.45) is -10.2. The SMILES string of the molecule is [C-]#[N+]c1ccc(NC(=O)C2(C)CC(C(F)(F)F)N=N2)cc1C(F)(F)F. The Morgan fingerprint density at radius 3 is 2.44 bits per heavy atom. The van der Waals surface area contributed by atoms with Crippen molar-refractivity contribution in [2.24, 2.45) is 10.2 Å². The van der Waals surface area contributed by atoms with Crippen molar-refractivity contribution in [3.05, 3.63) is 35.2 Å². The molecule has 5 nitrogen and oxygen atoms in total. The molecule has 0 aliphatic carbocycles. The lowest BCUT2D eigenvalue weighted by Crippen LogP contribution is -2.40. The quantitative estimate of drug-likeness (QED) is 0.598. The molecule has 0 saturated heterocycles. The Labute approximate surface area is 137 Å². The zero-order valence-corrected chi connectivity index (χ0v) is 12.5. The van der Waals surface area contributed by atoms with Gasteiger partial charge in [-0.3, -0.25) is 4.79 Å².